The van der Waals surface area contributed by atoms with Gasteiger partial charge in [0.25, 0.3) is 16.8 Å². The van der Waals surface area contributed by atoms with Crippen LogP contribution >= 0.6 is 0 Å². The van der Waals surface area contributed by atoms with Crippen LogP contribution in [0.5, 0.6) is 17.2 Å². The van der Waals surface area contributed by atoms with E-state index < -0.39 is 4.92 Å². The molecular weight excluding hydrogens is 330 g/mol. The fourth-order valence-electron chi connectivity index (χ4n) is 1.69. The minimum Gasteiger partial charge on any atom is -0.508 e. The van der Waals surface area contributed by atoms with Gasteiger partial charge in [0.1, 0.15) is 17.2 Å². The lowest BCUT2D eigenvalue weighted by Gasteiger charge is -2.03. The van der Waals surface area contributed by atoms with Crippen molar-refractivity contribution < 1.29 is 14.8 Å². The Balaban J connectivity index is 0.000000236. The van der Waals surface area contributed by atoms with Gasteiger partial charge in [0, 0.05) is 36.7 Å². The quantitative estimate of drug-likeness (QED) is 0.492. The van der Waals surface area contributed by atoms with Crippen molar-refractivity contribution in [3.05, 3.63) is 91.7 Å². The second-order valence-corrected chi connectivity index (χ2v) is 4.65. The topological polar surface area (TPSA) is 138 Å². The highest BCUT2D eigenvalue weighted by Gasteiger charge is 2.05. The van der Waals surface area contributed by atoms with Crippen LogP contribution in [0, 0.1) is 10.1 Å². The fourth-order valence-corrected chi connectivity index (χ4v) is 1.69. The molecule has 0 aliphatic carbocycles. The molecule has 0 aliphatic rings. The van der Waals surface area contributed by atoms with Crippen LogP contribution in [-0.2, 0) is 0 Å². The molecule has 3 N–H and O–H groups in total. The average molecular weight is 343 g/mol. The molecule has 0 bridgehead atoms. The van der Waals surface area contributed by atoms with Gasteiger partial charge >= 0.3 is 0 Å². The Hall–Kier alpha value is -3.88. The SMILES string of the molecule is O=c1cc(O)cc[nH]1.O=c1cc(Oc2ccc([N+](=O)[O-])cc2)cc[nH]1. The monoisotopic (exact) mass is 343 g/mol. The normalized spacial score (nSPS) is 9.60. The number of aromatic hydroxyl groups is 1. The number of aromatic nitrogens is 2. The third-order valence-corrected chi connectivity index (χ3v) is 2.79. The van der Waals surface area contributed by atoms with Gasteiger partial charge in [-0.15, -0.1) is 0 Å². The van der Waals surface area contributed by atoms with E-state index in [9.17, 15) is 19.7 Å². The van der Waals surface area contributed by atoms with Crippen molar-refractivity contribution in [3.8, 4) is 17.2 Å². The van der Waals surface area contributed by atoms with Crippen molar-refractivity contribution in [1.29, 1.82) is 0 Å². The molecule has 2 aromatic heterocycles. The Kier molecular flexibility index (Phi) is 5.67. The summed E-state index contributed by atoms with van der Waals surface area (Å²) in [7, 11) is 0. The second kappa shape index (κ2) is 8.11. The molecular formula is C16H13N3O6. The predicted molar refractivity (Wildman–Crippen MR) is 89.0 cm³/mol. The molecule has 0 atom stereocenters. The first kappa shape index (κ1) is 17.5. The molecule has 0 saturated heterocycles. The van der Waals surface area contributed by atoms with Gasteiger partial charge in [-0.3, -0.25) is 19.7 Å². The minimum absolute atomic E-state index is 0.00579. The number of rotatable bonds is 3. The maximum Gasteiger partial charge on any atom is 0.269 e. The first-order valence-corrected chi connectivity index (χ1v) is 6.93. The number of pyridine rings is 2. The van der Waals surface area contributed by atoms with E-state index in [0.29, 0.717) is 11.5 Å². The Morgan fingerprint density at radius 3 is 1.96 bits per heavy atom. The molecule has 0 saturated carbocycles. The average Bonchev–Trinajstić information content (AvgIpc) is 2.56. The van der Waals surface area contributed by atoms with Crippen LogP contribution < -0.4 is 15.9 Å². The van der Waals surface area contributed by atoms with E-state index in [1.54, 1.807) is 6.07 Å². The van der Waals surface area contributed by atoms with Crippen LogP contribution in [0.15, 0.2) is 70.5 Å². The van der Waals surface area contributed by atoms with Gasteiger partial charge in [0.2, 0.25) is 0 Å². The van der Waals surface area contributed by atoms with Crippen LogP contribution in [0.1, 0.15) is 0 Å². The summed E-state index contributed by atoms with van der Waals surface area (Å²) in [4.78, 5) is 36.0. The minimum atomic E-state index is -0.489. The lowest BCUT2D eigenvalue weighted by molar-refractivity contribution is -0.384. The molecule has 9 heteroatoms. The Bertz CT molecular complexity index is 962. The van der Waals surface area contributed by atoms with Gasteiger partial charge < -0.3 is 19.8 Å². The number of non-ortho nitro benzene ring substituents is 1. The molecule has 0 fully saturated rings. The molecule has 0 unspecified atom stereocenters. The summed E-state index contributed by atoms with van der Waals surface area (Å²) in [5.74, 6) is 0.803. The van der Waals surface area contributed by atoms with Crippen molar-refractivity contribution in [2.75, 3.05) is 0 Å². The molecule has 0 radical (unpaired) electrons. The maximum absolute atomic E-state index is 11.0. The number of benzene rings is 1. The van der Waals surface area contributed by atoms with Gasteiger partial charge in [-0.2, -0.15) is 0 Å². The fraction of sp³-hybridized carbons (Fsp3) is 0. The smallest absolute Gasteiger partial charge is 0.269 e. The maximum atomic E-state index is 11.0. The highest BCUT2D eigenvalue weighted by atomic mass is 16.6. The highest BCUT2D eigenvalue weighted by molar-refractivity contribution is 5.38. The van der Waals surface area contributed by atoms with E-state index in [-0.39, 0.29) is 22.6 Å². The molecule has 2 heterocycles. The first-order chi connectivity index (χ1) is 11.9. The molecule has 0 aliphatic heterocycles. The zero-order valence-corrected chi connectivity index (χ0v) is 12.7. The number of hydrogen-bond acceptors (Lipinski definition) is 6. The van der Waals surface area contributed by atoms with Crippen LogP contribution in [0.3, 0.4) is 0 Å². The molecule has 0 amide bonds. The van der Waals surface area contributed by atoms with Crippen molar-refractivity contribution in [3.63, 3.8) is 0 Å². The highest BCUT2D eigenvalue weighted by Crippen LogP contribution is 2.22. The molecule has 0 spiro atoms. The summed E-state index contributed by atoms with van der Waals surface area (Å²) in [6.07, 6.45) is 2.85. The van der Waals surface area contributed by atoms with E-state index >= 15 is 0 Å². The zero-order chi connectivity index (χ0) is 18.2. The van der Waals surface area contributed by atoms with Crippen molar-refractivity contribution in [2.45, 2.75) is 0 Å². The number of H-pyrrole nitrogens is 2. The summed E-state index contributed by atoms with van der Waals surface area (Å²) in [6, 6.07) is 11.0. The van der Waals surface area contributed by atoms with Gasteiger partial charge in [0.05, 0.1) is 4.92 Å². The summed E-state index contributed by atoms with van der Waals surface area (Å²) in [6.45, 7) is 0. The Morgan fingerprint density at radius 2 is 1.48 bits per heavy atom. The summed E-state index contributed by atoms with van der Waals surface area (Å²) >= 11 is 0. The molecule has 9 nitrogen and oxygen atoms in total. The lowest BCUT2D eigenvalue weighted by atomic mass is 10.3. The number of aromatic amines is 2. The van der Waals surface area contributed by atoms with Gasteiger partial charge in [-0.1, -0.05) is 0 Å². The Morgan fingerprint density at radius 1 is 0.880 bits per heavy atom. The third kappa shape index (κ3) is 5.67. The number of nitrogens with one attached hydrogen (secondary N) is 2. The molecule has 3 aromatic rings. The van der Waals surface area contributed by atoms with Gasteiger partial charge in [0.15, 0.2) is 0 Å². The molecule has 25 heavy (non-hydrogen) atoms. The van der Waals surface area contributed by atoms with E-state index in [4.69, 9.17) is 9.84 Å². The van der Waals surface area contributed by atoms with Gasteiger partial charge in [-0.05, 0) is 24.3 Å². The van der Waals surface area contributed by atoms with Crippen molar-refractivity contribution in [1.82, 2.24) is 9.97 Å². The largest absolute Gasteiger partial charge is 0.508 e. The second-order valence-electron chi connectivity index (χ2n) is 4.65. The van der Waals surface area contributed by atoms with E-state index in [0.717, 1.165) is 6.07 Å². The van der Waals surface area contributed by atoms with Crippen molar-refractivity contribution in [2.24, 2.45) is 0 Å². The predicted octanol–water partition coefficient (Wildman–Crippen LogP) is 2.16. The molecule has 3 rings (SSSR count). The number of nitro groups is 1. The van der Waals surface area contributed by atoms with Crippen LogP contribution in [0.2, 0.25) is 0 Å². The van der Waals surface area contributed by atoms with Crippen LogP contribution in [-0.4, -0.2) is 20.0 Å². The third-order valence-electron chi connectivity index (χ3n) is 2.79. The van der Waals surface area contributed by atoms with E-state index in [1.165, 1.54) is 48.8 Å². The number of nitro benzene ring substituents is 1. The number of hydrogen-bond donors (Lipinski definition) is 3. The standard InChI is InChI=1S/C11H8N2O4.C5H5NO2/c14-11-7-10(5-6-12-11)17-9-3-1-8(2-4-9)13(15)16;7-4-1-2-6-5(8)3-4/h1-7H,(H,12,14);1-3H,(H2,6,7,8). The van der Waals surface area contributed by atoms with Crippen molar-refractivity contribution >= 4 is 5.69 Å². The number of nitrogens with zero attached hydrogens (tertiary/aromatic N) is 1. The summed E-state index contributed by atoms with van der Waals surface area (Å²) < 4.78 is 5.35. The lowest BCUT2D eigenvalue weighted by Crippen LogP contribution is -2.02. The van der Waals surface area contributed by atoms with Gasteiger partial charge in [-0.25, -0.2) is 0 Å². The number of ether oxygens (including phenoxy) is 1. The van der Waals surface area contributed by atoms with E-state index in [1.807, 2.05) is 0 Å². The molecule has 1 aromatic carbocycles. The zero-order valence-electron chi connectivity index (χ0n) is 12.7. The summed E-state index contributed by atoms with van der Waals surface area (Å²) in [5, 5.41) is 19.0. The first-order valence-electron chi connectivity index (χ1n) is 6.93. The molecule has 128 valence electrons. The van der Waals surface area contributed by atoms with Crippen LogP contribution in [0.25, 0.3) is 0 Å². The Labute approximate surface area is 140 Å². The van der Waals surface area contributed by atoms with E-state index in [2.05, 4.69) is 9.97 Å². The summed E-state index contributed by atoms with van der Waals surface area (Å²) in [5.41, 5.74) is -0.572. The van der Waals surface area contributed by atoms with Crippen LogP contribution in [0.4, 0.5) is 5.69 Å².